The van der Waals surface area contributed by atoms with Crippen LogP contribution >= 0.6 is 0 Å². The largest absolute Gasteiger partial charge is 0.496 e. The maximum Gasteiger partial charge on any atom is 0.313 e. The van der Waals surface area contributed by atoms with Crippen LogP contribution in [0.2, 0.25) is 0 Å². The van der Waals surface area contributed by atoms with Crippen LogP contribution in [0.3, 0.4) is 0 Å². The Hall–Kier alpha value is -3.39. The molecule has 8 heteroatoms. The Morgan fingerprint density at radius 2 is 1.81 bits per heavy atom. The van der Waals surface area contributed by atoms with Gasteiger partial charge in [0.2, 0.25) is 5.91 Å². The fourth-order valence-corrected chi connectivity index (χ4v) is 4.43. The third kappa shape index (κ3) is 4.31. The first-order valence-corrected chi connectivity index (χ1v) is 10.7. The summed E-state index contributed by atoms with van der Waals surface area (Å²) in [4.78, 5) is 39.0. The van der Waals surface area contributed by atoms with Crippen molar-refractivity contribution in [3.8, 4) is 5.75 Å². The van der Waals surface area contributed by atoms with Gasteiger partial charge in [-0.2, -0.15) is 0 Å². The molecular weight excluding hydrogens is 410 g/mol. The molecule has 2 aromatic rings. The second kappa shape index (κ2) is 9.40. The van der Waals surface area contributed by atoms with Gasteiger partial charge in [0.05, 0.1) is 12.8 Å². The Bertz CT molecular complexity index is 1030. The third-order valence-electron chi connectivity index (χ3n) is 5.96. The fraction of sp³-hybridized carbons (Fsp3) is 0.375. The van der Waals surface area contributed by atoms with Gasteiger partial charge < -0.3 is 25.0 Å². The SMILES string of the molecule is COc1ccccc1C(CNC(=O)C(=O)Nc1cc2c3c(c1)CCC(=O)N3CCC2)OC. The predicted molar refractivity (Wildman–Crippen MR) is 120 cm³/mol. The van der Waals surface area contributed by atoms with E-state index < -0.39 is 17.9 Å². The third-order valence-corrected chi connectivity index (χ3v) is 5.96. The number of carbonyl (C=O) groups excluding carboxylic acids is 3. The van der Waals surface area contributed by atoms with Crippen LogP contribution in [0, 0.1) is 0 Å². The van der Waals surface area contributed by atoms with Crippen LogP contribution in [0.15, 0.2) is 36.4 Å². The van der Waals surface area contributed by atoms with E-state index in [4.69, 9.17) is 9.47 Å². The second-order valence-corrected chi connectivity index (χ2v) is 7.92. The summed E-state index contributed by atoms with van der Waals surface area (Å²) in [5, 5.41) is 5.33. The summed E-state index contributed by atoms with van der Waals surface area (Å²) in [5.41, 5.74) is 4.41. The van der Waals surface area contributed by atoms with Crippen LogP contribution in [-0.2, 0) is 32.0 Å². The number of methoxy groups -OCH3 is 2. The van der Waals surface area contributed by atoms with E-state index in [-0.39, 0.29) is 12.5 Å². The molecule has 3 amide bonds. The number of para-hydroxylation sites is 1. The smallest absolute Gasteiger partial charge is 0.313 e. The van der Waals surface area contributed by atoms with E-state index in [0.29, 0.717) is 24.3 Å². The van der Waals surface area contributed by atoms with E-state index in [1.807, 2.05) is 41.3 Å². The van der Waals surface area contributed by atoms with Gasteiger partial charge in [0.15, 0.2) is 0 Å². The van der Waals surface area contributed by atoms with Gasteiger partial charge in [-0.1, -0.05) is 18.2 Å². The van der Waals surface area contributed by atoms with Crippen molar-refractivity contribution in [1.29, 1.82) is 0 Å². The van der Waals surface area contributed by atoms with Crippen molar-refractivity contribution < 1.29 is 23.9 Å². The van der Waals surface area contributed by atoms with Gasteiger partial charge in [-0.3, -0.25) is 14.4 Å². The minimum atomic E-state index is -0.745. The molecule has 2 aliphatic rings. The predicted octanol–water partition coefficient (Wildman–Crippen LogP) is 2.36. The first-order chi connectivity index (χ1) is 15.5. The molecule has 0 saturated carbocycles. The number of anilines is 2. The molecule has 2 aromatic carbocycles. The number of aryl methyl sites for hydroxylation is 2. The summed E-state index contributed by atoms with van der Waals surface area (Å²) in [6.07, 6.45) is 2.38. The highest BCUT2D eigenvalue weighted by molar-refractivity contribution is 6.39. The molecule has 168 valence electrons. The zero-order valence-corrected chi connectivity index (χ0v) is 18.3. The van der Waals surface area contributed by atoms with Gasteiger partial charge in [-0.25, -0.2) is 0 Å². The van der Waals surface area contributed by atoms with Gasteiger partial charge in [-0.15, -0.1) is 0 Å². The molecule has 0 aromatic heterocycles. The quantitative estimate of drug-likeness (QED) is 0.677. The molecule has 32 heavy (non-hydrogen) atoms. The molecule has 0 bridgehead atoms. The lowest BCUT2D eigenvalue weighted by atomic mass is 9.91. The lowest BCUT2D eigenvalue weighted by Gasteiger charge is -2.35. The number of nitrogens with zero attached hydrogens (tertiary/aromatic N) is 1. The standard InChI is InChI=1S/C24H27N3O5/c1-31-19-8-4-3-7-18(19)20(32-2)14-25-23(29)24(30)26-17-12-15-6-5-11-27-21(28)10-9-16(13-17)22(15)27/h3-4,7-8,12-13,20H,5-6,9-11,14H2,1-2H3,(H,25,29)(H,26,30). The van der Waals surface area contributed by atoms with Gasteiger partial charge >= 0.3 is 11.8 Å². The van der Waals surface area contributed by atoms with Crippen LogP contribution < -0.4 is 20.3 Å². The van der Waals surface area contributed by atoms with Gasteiger partial charge in [0.25, 0.3) is 0 Å². The molecule has 8 nitrogen and oxygen atoms in total. The van der Waals surface area contributed by atoms with Gasteiger partial charge in [0, 0.05) is 37.9 Å². The number of nitrogens with one attached hydrogen (secondary N) is 2. The molecule has 2 aliphatic heterocycles. The van der Waals surface area contributed by atoms with Crippen molar-refractivity contribution in [1.82, 2.24) is 5.32 Å². The minimum absolute atomic E-state index is 0.121. The zero-order valence-electron chi connectivity index (χ0n) is 18.3. The summed E-state index contributed by atoms with van der Waals surface area (Å²) in [5.74, 6) is -0.692. The molecular formula is C24H27N3O5. The highest BCUT2D eigenvalue weighted by Gasteiger charge is 2.30. The van der Waals surface area contributed by atoms with Crippen LogP contribution in [0.1, 0.15) is 35.6 Å². The lowest BCUT2D eigenvalue weighted by molar-refractivity contribution is -0.136. The highest BCUT2D eigenvalue weighted by Crippen LogP contribution is 2.37. The van der Waals surface area contributed by atoms with Crippen LogP contribution in [-0.4, -0.2) is 45.0 Å². The van der Waals surface area contributed by atoms with Crippen molar-refractivity contribution in [2.24, 2.45) is 0 Å². The molecule has 0 fully saturated rings. The van der Waals surface area contributed by atoms with Crippen molar-refractivity contribution in [3.05, 3.63) is 53.1 Å². The summed E-state index contributed by atoms with van der Waals surface area (Å²) >= 11 is 0. The minimum Gasteiger partial charge on any atom is -0.496 e. The van der Waals surface area contributed by atoms with Crippen LogP contribution in [0.5, 0.6) is 5.75 Å². The molecule has 0 spiro atoms. The number of rotatable bonds is 6. The van der Waals surface area contributed by atoms with E-state index >= 15 is 0 Å². The average molecular weight is 437 g/mol. The lowest BCUT2D eigenvalue weighted by Crippen LogP contribution is -2.40. The Morgan fingerprint density at radius 1 is 1.06 bits per heavy atom. The Balaban J connectivity index is 1.42. The number of benzene rings is 2. The number of ether oxygens (including phenoxy) is 2. The summed E-state index contributed by atoms with van der Waals surface area (Å²) in [6.45, 7) is 0.857. The molecule has 0 saturated heterocycles. The maximum atomic E-state index is 12.5. The van der Waals surface area contributed by atoms with E-state index in [9.17, 15) is 14.4 Å². The summed E-state index contributed by atoms with van der Waals surface area (Å²) in [7, 11) is 3.11. The Labute approximate surface area is 186 Å². The van der Waals surface area contributed by atoms with Crippen molar-refractivity contribution in [3.63, 3.8) is 0 Å². The fourth-order valence-electron chi connectivity index (χ4n) is 4.43. The number of hydrogen-bond donors (Lipinski definition) is 2. The Kier molecular flexibility index (Phi) is 6.41. The normalized spacial score (nSPS) is 15.6. The highest BCUT2D eigenvalue weighted by atomic mass is 16.5. The number of hydrogen-bond acceptors (Lipinski definition) is 5. The van der Waals surface area contributed by atoms with Gasteiger partial charge in [0.1, 0.15) is 11.9 Å². The van der Waals surface area contributed by atoms with E-state index in [2.05, 4.69) is 10.6 Å². The molecule has 2 N–H and O–H groups in total. The Morgan fingerprint density at radius 3 is 2.56 bits per heavy atom. The first kappa shape index (κ1) is 21.8. The van der Waals surface area contributed by atoms with Crippen LogP contribution in [0.4, 0.5) is 11.4 Å². The van der Waals surface area contributed by atoms with E-state index in [1.54, 1.807) is 7.11 Å². The van der Waals surface area contributed by atoms with Gasteiger partial charge in [-0.05, 0) is 48.6 Å². The van der Waals surface area contributed by atoms with E-state index in [1.165, 1.54) is 7.11 Å². The number of carbonyl (C=O) groups is 3. The molecule has 0 radical (unpaired) electrons. The van der Waals surface area contributed by atoms with E-state index in [0.717, 1.165) is 41.8 Å². The first-order valence-electron chi connectivity index (χ1n) is 10.7. The summed E-state index contributed by atoms with van der Waals surface area (Å²) < 4.78 is 10.8. The average Bonchev–Trinajstić information content (AvgIpc) is 2.81. The van der Waals surface area contributed by atoms with Crippen LogP contribution in [0.25, 0.3) is 0 Å². The number of amides is 3. The molecule has 1 unspecified atom stereocenters. The van der Waals surface area contributed by atoms with Crippen molar-refractivity contribution in [2.75, 3.05) is 37.5 Å². The molecule has 1 atom stereocenters. The molecule has 2 heterocycles. The monoisotopic (exact) mass is 437 g/mol. The maximum absolute atomic E-state index is 12.5. The molecule has 0 aliphatic carbocycles. The molecule has 4 rings (SSSR count). The second-order valence-electron chi connectivity index (χ2n) is 7.92. The van der Waals surface area contributed by atoms with Crippen molar-refractivity contribution >= 4 is 29.1 Å². The van der Waals surface area contributed by atoms with Crippen molar-refractivity contribution in [2.45, 2.75) is 31.8 Å². The topological polar surface area (TPSA) is 97.0 Å². The zero-order chi connectivity index (χ0) is 22.7. The summed E-state index contributed by atoms with van der Waals surface area (Å²) in [6, 6.07) is 11.1.